The van der Waals surface area contributed by atoms with Gasteiger partial charge < -0.3 is 10.5 Å². The van der Waals surface area contributed by atoms with Crippen molar-refractivity contribution in [2.24, 2.45) is 5.73 Å². The summed E-state index contributed by atoms with van der Waals surface area (Å²) in [5.41, 5.74) is 8.11. The molecule has 2 N–H and O–H groups in total. The fourth-order valence-electron chi connectivity index (χ4n) is 1.86. The van der Waals surface area contributed by atoms with Crippen molar-refractivity contribution in [3.05, 3.63) is 53.7 Å². The van der Waals surface area contributed by atoms with Crippen LogP contribution < -0.4 is 10.5 Å². The predicted molar refractivity (Wildman–Crippen MR) is 77.4 cm³/mol. The molecule has 1 aromatic heterocycles. The van der Waals surface area contributed by atoms with E-state index in [4.69, 9.17) is 10.5 Å². The Morgan fingerprint density at radius 2 is 1.89 bits per heavy atom. The first-order valence-corrected chi connectivity index (χ1v) is 6.67. The van der Waals surface area contributed by atoms with Gasteiger partial charge >= 0.3 is 0 Å². The van der Waals surface area contributed by atoms with Crippen LogP contribution in [0.15, 0.2) is 42.6 Å². The van der Waals surface area contributed by atoms with Crippen LogP contribution in [0.5, 0.6) is 11.6 Å². The Morgan fingerprint density at radius 3 is 2.42 bits per heavy atom. The Hall–Kier alpha value is -1.87. The first kappa shape index (κ1) is 13.6. The lowest BCUT2D eigenvalue weighted by atomic mass is 10.1. The molecule has 19 heavy (non-hydrogen) atoms. The highest BCUT2D eigenvalue weighted by Gasteiger charge is 2.02. The maximum absolute atomic E-state index is 5.78. The van der Waals surface area contributed by atoms with Crippen molar-refractivity contribution in [3.8, 4) is 11.6 Å². The van der Waals surface area contributed by atoms with Crippen molar-refractivity contribution in [1.29, 1.82) is 0 Å². The number of hydrogen-bond donors (Lipinski definition) is 1. The molecule has 0 fully saturated rings. The molecular formula is C16H20N2O. The van der Waals surface area contributed by atoms with Crippen LogP contribution in [0.1, 0.15) is 37.4 Å². The lowest BCUT2D eigenvalue weighted by molar-refractivity contribution is 0.462. The summed E-state index contributed by atoms with van der Waals surface area (Å²) in [6, 6.07) is 11.9. The van der Waals surface area contributed by atoms with Crippen molar-refractivity contribution < 1.29 is 4.74 Å². The molecule has 0 amide bonds. The minimum Gasteiger partial charge on any atom is -0.439 e. The molecule has 0 aliphatic rings. The van der Waals surface area contributed by atoms with Crippen LogP contribution in [0.3, 0.4) is 0 Å². The van der Waals surface area contributed by atoms with E-state index in [9.17, 15) is 0 Å². The molecule has 0 aliphatic carbocycles. The molecule has 1 atom stereocenters. The zero-order valence-corrected chi connectivity index (χ0v) is 11.5. The van der Waals surface area contributed by atoms with E-state index in [0.29, 0.717) is 5.88 Å². The monoisotopic (exact) mass is 256 g/mol. The third kappa shape index (κ3) is 3.80. The van der Waals surface area contributed by atoms with Gasteiger partial charge in [0.05, 0.1) is 0 Å². The minimum atomic E-state index is -0.00474. The van der Waals surface area contributed by atoms with Gasteiger partial charge in [0.2, 0.25) is 5.88 Å². The van der Waals surface area contributed by atoms with Crippen LogP contribution in [-0.4, -0.2) is 4.98 Å². The van der Waals surface area contributed by atoms with E-state index in [1.807, 2.05) is 31.2 Å². The Morgan fingerprint density at radius 1 is 1.16 bits per heavy atom. The van der Waals surface area contributed by atoms with Gasteiger partial charge in [-0.2, -0.15) is 0 Å². The third-order valence-corrected chi connectivity index (χ3v) is 2.97. The molecule has 0 unspecified atom stereocenters. The molecule has 2 aromatic rings. The Labute approximate surface area is 114 Å². The van der Waals surface area contributed by atoms with Crippen LogP contribution in [-0.2, 0) is 6.42 Å². The quantitative estimate of drug-likeness (QED) is 0.884. The second-order valence-electron chi connectivity index (χ2n) is 4.71. The molecule has 0 aliphatic heterocycles. The molecule has 3 nitrogen and oxygen atoms in total. The number of hydrogen-bond acceptors (Lipinski definition) is 3. The van der Waals surface area contributed by atoms with Crippen molar-refractivity contribution in [2.75, 3.05) is 0 Å². The normalized spacial score (nSPS) is 12.2. The van der Waals surface area contributed by atoms with E-state index in [1.165, 1.54) is 5.56 Å². The Kier molecular flexibility index (Phi) is 4.53. The molecule has 2 rings (SSSR count). The van der Waals surface area contributed by atoms with Crippen LogP contribution in [0.25, 0.3) is 0 Å². The molecule has 100 valence electrons. The molecular weight excluding hydrogens is 236 g/mol. The summed E-state index contributed by atoms with van der Waals surface area (Å²) in [7, 11) is 0. The van der Waals surface area contributed by atoms with E-state index in [-0.39, 0.29) is 6.04 Å². The van der Waals surface area contributed by atoms with E-state index in [0.717, 1.165) is 24.2 Å². The number of benzene rings is 1. The molecule has 3 heteroatoms. The molecule has 0 radical (unpaired) electrons. The average molecular weight is 256 g/mol. The van der Waals surface area contributed by atoms with Gasteiger partial charge in [0.25, 0.3) is 0 Å². The molecule has 0 saturated heterocycles. The first-order valence-electron chi connectivity index (χ1n) is 6.67. The van der Waals surface area contributed by atoms with Gasteiger partial charge in [0.15, 0.2) is 0 Å². The Bertz CT molecular complexity index is 503. The van der Waals surface area contributed by atoms with Crippen molar-refractivity contribution in [1.82, 2.24) is 4.98 Å². The summed E-state index contributed by atoms with van der Waals surface area (Å²) in [6.07, 6.45) is 4.01. The SMILES string of the molecule is CCCc1ccc(Oc2ccc([C@H](C)N)cn2)cc1. The maximum atomic E-state index is 5.78. The second kappa shape index (κ2) is 6.34. The van der Waals surface area contributed by atoms with Crippen LogP contribution >= 0.6 is 0 Å². The number of ether oxygens (including phenoxy) is 1. The number of aromatic nitrogens is 1. The minimum absolute atomic E-state index is 0.00474. The van der Waals surface area contributed by atoms with Crippen molar-refractivity contribution in [2.45, 2.75) is 32.7 Å². The molecule has 0 bridgehead atoms. The number of nitrogens with two attached hydrogens (primary N) is 1. The van der Waals surface area contributed by atoms with Gasteiger partial charge in [-0.1, -0.05) is 31.5 Å². The fraction of sp³-hybridized carbons (Fsp3) is 0.312. The van der Waals surface area contributed by atoms with E-state index >= 15 is 0 Å². The summed E-state index contributed by atoms with van der Waals surface area (Å²) in [4.78, 5) is 4.25. The maximum Gasteiger partial charge on any atom is 0.219 e. The summed E-state index contributed by atoms with van der Waals surface area (Å²) >= 11 is 0. The standard InChI is InChI=1S/C16H20N2O/c1-3-4-13-5-8-15(9-6-13)19-16-10-7-14(11-18-16)12(2)17/h5-12H,3-4,17H2,1-2H3/t12-/m0/s1. The van der Waals surface area contributed by atoms with Gasteiger partial charge in [-0.15, -0.1) is 0 Å². The third-order valence-electron chi connectivity index (χ3n) is 2.97. The smallest absolute Gasteiger partial charge is 0.219 e. The van der Waals surface area contributed by atoms with Crippen molar-refractivity contribution >= 4 is 0 Å². The summed E-state index contributed by atoms with van der Waals surface area (Å²) < 4.78 is 5.69. The van der Waals surface area contributed by atoms with Crippen LogP contribution in [0.2, 0.25) is 0 Å². The highest BCUT2D eigenvalue weighted by Crippen LogP contribution is 2.21. The largest absolute Gasteiger partial charge is 0.439 e. The predicted octanol–water partition coefficient (Wildman–Crippen LogP) is 3.85. The lowest BCUT2D eigenvalue weighted by Gasteiger charge is -2.08. The van der Waals surface area contributed by atoms with Crippen LogP contribution in [0, 0.1) is 0 Å². The Balaban J connectivity index is 2.04. The van der Waals surface area contributed by atoms with Gasteiger partial charge in [-0.25, -0.2) is 4.98 Å². The summed E-state index contributed by atoms with van der Waals surface area (Å²) in [5.74, 6) is 1.40. The zero-order valence-electron chi connectivity index (χ0n) is 11.5. The number of nitrogens with zero attached hydrogens (tertiary/aromatic N) is 1. The van der Waals surface area contributed by atoms with Gasteiger partial charge in [0, 0.05) is 18.3 Å². The average Bonchev–Trinajstić information content (AvgIpc) is 2.42. The summed E-state index contributed by atoms with van der Waals surface area (Å²) in [6.45, 7) is 4.11. The molecule has 1 aromatic carbocycles. The van der Waals surface area contributed by atoms with E-state index in [1.54, 1.807) is 6.20 Å². The van der Waals surface area contributed by atoms with Gasteiger partial charge in [-0.3, -0.25) is 0 Å². The van der Waals surface area contributed by atoms with Gasteiger partial charge in [-0.05, 0) is 36.6 Å². The zero-order chi connectivity index (χ0) is 13.7. The van der Waals surface area contributed by atoms with Crippen LogP contribution in [0.4, 0.5) is 0 Å². The number of pyridine rings is 1. The number of rotatable bonds is 5. The summed E-state index contributed by atoms with van der Waals surface area (Å²) in [5, 5.41) is 0. The lowest BCUT2D eigenvalue weighted by Crippen LogP contribution is -2.05. The number of aryl methyl sites for hydroxylation is 1. The fourth-order valence-corrected chi connectivity index (χ4v) is 1.86. The second-order valence-corrected chi connectivity index (χ2v) is 4.71. The molecule has 0 spiro atoms. The van der Waals surface area contributed by atoms with E-state index < -0.39 is 0 Å². The molecule has 0 saturated carbocycles. The highest BCUT2D eigenvalue weighted by molar-refractivity contribution is 5.31. The highest BCUT2D eigenvalue weighted by atomic mass is 16.5. The van der Waals surface area contributed by atoms with Gasteiger partial charge in [0.1, 0.15) is 5.75 Å². The molecule has 1 heterocycles. The first-order chi connectivity index (χ1) is 9.19. The van der Waals surface area contributed by atoms with Crippen molar-refractivity contribution in [3.63, 3.8) is 0 Å². The van der Waals surface area contributed by atoms with E-state index in [2.05, 4.69) is 24.0 Å². The topological polar surface area (TPSA) is 48.1 Å².